The second kappa shape index (κ2) is 7.01. The van der Waals surface area contributed by atoms with Crippen molar-refractivity contribution < 1.29 is 14.7 Å². The maximum absolute atomic E-state index is 12.6. The van der Waals surface area contributed by atoms with E-state index in [1.165, 1.54) is 17.8 Å². The molecule has 6 heteroatoms. The Kier molecular flexibility index (Phi) is 4.81. The molecule has 0 saturated carbocycles. The largest absolute Gasteiger partial charge is 0.477 e. The Hall–Kier alpha value is -2.40. The summed E-state index contributed by atoms with van der Waals surface area (Å²) in [6.45, 7) is 1.30. The van der Waals surface area contributed by atoms with E-state index in [1.807, 2.05) is 24.3 Å². The minimum atomic E-state index is -1.13. The number of pyridine rings is 1. The van der Waals surface area contributed by atoms with Gasteiger partial charge in [-0.2, -0.15) is 0 Å². The van der Waals surface area contributed by atoms with Crippen LogP contribution in [0.4, 0.5) is 0 Å². The summed E-state index contributed by atoms with van der Waals surface area (Å²) in [4.78, 5) is 29.0. The fourth-order valence-corrected chi connectivity index (χ4v) is 3.14. The molecule has 1 aromatic heterocycles. The van der Waals surface area contributed by atoms with E-state index in [4.69, 9.17) is 16.7 Å². The summed E-state index contributed by atoms with van der Waals surface area (Å²) in [6.07, 6.45) is 3.12. The lowest BCUT2D eigenvalue weighted by atomic mass is 9.89. The molecule has 0 radical (unpaired) electrons. The molecule has 5 nitrogen and oxygen atoms in total. The second-order valence-electron chi connectivity index (χ2n) is 5.85. The molecule has 1 aliphatic rings. The summed E-state index contributed by atoms with van der Waals surface area (Å²) >= 11 is 5.92. The van der Waals surface area contributed by atoms with E-state index in [0.29, 0.717) is 24.6 Å². The van der Waals surface area contributed by atoms with Gasteiger partial charge < -0.3 is 10.0 Å². The Bertz CT molecular complexity index is 753. The summed E-state index contributed by atoms with van der Waals surface area (Å²) in [6, 6.07) is 10.7. The number of rotatable bonds is 3. The zero-order valence-corrected chi connectivity index (χ0v) is 13.7. The Morgan fingerprint density at radius 3 is 2.42 bits per heavy atom. The summed E-state index contributed by atoms with van der Waals surface area (Å²) < 4.78 is 0. The lowest BCUT2D eigenvalue weighted by Gasteiger charge is -2.32. The fraction of sp³-hybridized carbons (Fsp3) is 0.278. The number of carboxylic acid groups (broad SMARTS) is 1. The van der Waals surface area contributed by atoms with Gasteiger partial charge in [0.1, 0.15) is 5.69 Å². The van der Waals surface area contributed by atoms with E-state index in [-0.39, 0.29) is 11.6 Å². The molecule has 1 saturated heterocycles. The van der Waals surface area contributed by atoms with Crippen molar-refractivity contribution in [3.05, 3.63) is 64.4 Å². The van der Waals surface area contributed by atoms with Gasteiger partial charge in [-0.1, -0.05) is 23.7 Å². The number of hydrogen-bond acceptors (Lipinski definition) is 3. The van der Waals surface area contributed by atoms with Crippen LogP contribution in [0.1, 0.15) is 45.2 Å². The van der Waals surface area contributed by atoms with Gasteiger partial charge in [-0.25, -0.2) is 9.78 Å². The Morgan fingerprint density at radius 1 is 1.12 bits per heavy atom. The number of aromatic nitrogens is 1. The quantitative estimate of drug-likeness (QED) is 0.925. The molecule has 0 spiro atoms. The van der Waals surface area contributed by atoms with Crippen molar-refractivity contribution >= 4 is 23.5 Å². The summed E-state index contributed by atoms with van der Waals surface area (Å²) in [7, 11) is 0. The molecular formula is C18H17ClN2O3. The van der Waals surface area contributed by atoms with Crippen LogP contribution in [0.15, 0.2) is 42.6 Å². The van der Waals surface area contributed by atoms with Crippen molar-refractivity contribution in [2.45, 2.75) is 18.8 Å². The summed E-state index contributed by atoms with van der Waals surface area (Å²) in [5, 5.41) is 9.71. The van der Waals surface area contributed by atoms with Crippen LogP contribution in [0.2, 0.25) is 5.02 Å². The van der Waals surface area contributed by atoms with Gasteiger partial charge in [0.15, 0.2) is 0 Å². The average Bonchev–Trinajstić information content (AvgIpc) is 2.62. The standard InChI is InChI=1S/C18H17ClN2O3/c19-15-3-1-12(2-4-15)13-6-9-21(10-7-13)17(22)14-5-8-20-16(11-14)18(23)24/h1-5,8,11,13H,6-7,9-10H2,(H,23,24). The van der Waals surface area contributed by atoms with Crippen LogP contribution in [-0.4, -0.2) is 40.0 Å². The minimum absolute atomic E-state index is 0.114. The van der Waals surface area contributed by atoms with E-state index in [1.54, 1.807) is 11.0 Å². The molecule has 0 aliphatic carbocycles. The lowest BCUT2D eigenvalue weighted by molar-refractivity contribution is 0.0690. The van der Waals surface area contributed by atoms with Crippen molar-refractivity contribution in [3.8, 4) is 0 Å². The first-order valence-corrected chi connectivity index (χ1v) is 8.16. The van der Waals surface area contributed by atoms with Crippen LogP contribution in [0.3, 0.4) is 0 Å². The van der Waals surface area contributed by atoms with Gasteiger partial charge >= 0.3 is 5.97 Å². The first-order chi connectivity index (χ1) is 11.5. The van der Waals surface area contributed by atoms with Crippen molar-refractivity contribution in [3.63, 3.8) is 0 Å². The molecule has 1 aromatic carbocycles. The molecule has 1 amide bonds. The van der Waals surface area contributed by atoms with Crippen LogP contribution in [-0.2, 0) is 0 Å². The molecule has 124 valence electrons. The van der Waals surface area contributed by atoms with Gasteiger partial charge in [-0.15, -0.1) is 0 Å². The van der Waals surface area contributed by atoms with Gasteiger partial charge in [-0.05, 0) is 48.6 Å². The highest BCUT2D eigenvalue weighted by Gasteiger charge is 2.25. The van der Waals surface area contributed by atoms with Gasteiger partial charge in [0.25, 0.3) is 5.91 Å². The number of amides is 1. The topological polar surface area (TPSA) is 70.5 Å². The first kappa shape index (κ1) is 16.5. The maximum atomic E-state index is 12.6. The predicted molar refractivity (Wildman–Crippen MR) is 90.5 cm³/mol. The fourth-order valence-electron chi connectivity index (χ4n) is 3.01. The highest BCUT2D eigenvalue weighted by molar-refractivity contribution is 6.30. The third-order valence-electron chi connectivity index (χ3n) is 4.35. The zero-order chi connectivity index (χ0) is 17.1. The molecule has 1 fully saturated rings. The third kappa shape index (κ3) is 3.57. The molecule has 24 heavy (non-hydrogen) atoms. The van der Waals surface area contributed by atoms with Crippen LogP contribution < -0.4 is 0 Å². The van der Waals surface area contributed by atoms with Crippen molar-refractivity contribution in [2.24, 2.45) is 0 Å². The highest BCUT2D eigenvalue weighted by atomic mass is 35.5. The monoisotopic (exact) mass is 344 g/mol. The van der Waals surface area contributed by atoms with Crippen LogP contribution in [0.5, 0.6) is 0 Å². The summed E-state index contributed by atoms with van der Waals surface area (Å²) in [5.41, 5.74) is 1.49. The van der Waals surface area contributed by atoms with Gasteiger partial charge in [0, 0.05) is 29.9 Å². The third-order valence-corrected chi connectivity index (χ3v) is 4.60. The number of halogens is 1. The summed E-state index contributed by atoms with van der Waals surface area (Å²) in [5.74, 6) is -0.862. The lowest BCUT2D eigenvalue weighted by Crippen LogP contribution is -2.38. The minimum Gasteiger partial charge on any atom is -0.477 e. The molecule has 2 aromatic rings. The number of hydrogen-bond donors (Lipinski definition) is 1. The Morgan fingerprint density at radius 2 is 1.79 bits per heavy atom. The van der Waals surface area contributed by atoms with Crippen LogP contribution >= 0.6 is 11.6 Å². The van der Waals surface area contributed by atoms with Crippen LogP contribution in [0.25, 0.3) is 0 Å². The van der Waals surface area contributed by atoms with E-state index < -0.39 is 5.97 Å². The van der Waals surface area contributed by atoms with E-state index >= 15 is 0 Å². The van der Waals surface area contributed by atoms with Crippen molar-refractivity contribution in [2.75, 3.05) is 13.1 Å². The number of carbonyl (C=O) groups excluding carboxylic acids is 1. The second-order valence-corrected chi connectivity index (χ2v) is 6.29. The molecule has 1 N–H and O–H groups in total. The van der Waals surface area contributed by atoms with Gasteiger partial charge in [0.2, 0.25) is 0 Å². The SMILES string of the molecule is O=C(O)c1cc(C(=O)N2CCC(c3ccc(Cl)cc3)CC2)ccn1. The Balaban J connectivity index is 1.66. The molecule has 3 rings (SSSR count). The number of nitrogens with zero attached hydrogens (tertiary/aromatic N) is 2. The zero-order valence-electron chi connectivity index (χ0n) is 13.0. The number of likely N-dealkylation sites (tertiary alicyclic amines) is 1. The molecular weight excluding hydrogens is 328 g/mol. The molecule has 0 unspecified atom stereocenters. The first-order valence-electron chi connectivity index (χ1n) is 7.78. The number of carboxylic acids is 1. The normalized spacial score (nSPS) is 15.3. The smallest absolute Gasteiger partial charge is 0.354 e. The van der Waals surface area contributed by atoms with Crippen molar-refractivity contribution in [1.29, 1.82) is 0 Å². The van der Waals surface area contributed by atoms with E-state index in [9.17, 15) is 9.59 Å². The molecule has 0 bridgehead atoms. The predicted octanol–water partition coefficient (Wildman–Crippen LogP) is 3.45. The van der Waals surface area contributed by atoms with Gasteiger partial charge in [-0.3, -0.25) is 4.79 Å². The maximum Gasteiger partial charge on any atom is 0.354 e. The van der Waals surface area contributed by atoms with Crippen molar-refractivity contribution in [1.82, 2.24) is 9.88 Å². The highest BCUT2D eigenvalue weighted by Crippen LogP contribution is 2.29. The number of piperidine rings is 1. The van der Waals surface area contributed by atoms with Gasteiger partial charge in [0.05, 0.1) is 0 Å². The molecule has 1 aliphatic heterocycles. The van der Waals surface area contributed by atoms with E-state index in [2.05, 4.69) is 4.98 Å². The number of aromatic carboxylic acids is 1. The molecule has 0 atom stereocenters. The van der Waals surface area contributed by atoms with E-state index in [0.717, 1.165) is 17.9 Å². The number of benzene rings is 1. The molecule has 2 heterocycles. The Labute approximate surface area is 144 Å². The van der Waals surface area contributed by atoms with Crippen LogP contribution in [0, 0.1) is 0 Å². The number of carbonyl (C=O) groups is 2. The average molecular weight is 345 g/mol.